The number of aryl methyl sites for hydroxylation is 1. The Morgan fingerprint density at radius 3 is 2.40 bits per heavy atom. The van der Waals surface area contributed by atoms with Crippen LogP contribution in [0.4, 0.5) is 0 Å². The minimum atomic E-state index is -0.522. The van der Waals surface area contributed by atoms with E-state index in [2.05, 4.69) is 26.6 Å². The monoisotopic (exact) mass is 468 g/mol. The van der Waals surface area contributed by atoms with E-state index in [-0.39, 0.29) is 18.8 Å². The van der Waals surface area contributed by atoms with Gasteiger partial charge in [0.1, 0.15) is 17.2 Å². The number of rotatable bonds is 7. The minimum absolute atomic E-state index is 0.0192. The van der Waals surface area contributed by atoms with Gasteiger partial charge in [-0.3, -0.25) is 9.59 Å². The molecular formula is C23H21BrN2O4. The van der Waals surface area contributed by atoms with E-state index < -0.39 is 11.8 Å². The summed E-state index contributed by atoms with van der Waals surface area (Å²) in [5, 5.41) is 14.2. The fourth-order valence-corrected chi connectivity index (χ4v) is 2.93. The Balaban J connectivity index is 1.85. The van der Waals surface area contributed by atoms with Gasteiger partial charge in [-0.15, -0.1) is 0 Å². The molecule has 0 bridgehead atoms. The molecule has 2 amide bonds. The zero-order valence-electron chi connectivity index (χ0n) is 16.3. The Morgan fingerprint density at radius 1 is 1.03 bits per heavy atom. The van der Waals surface area contributed by atoms with Gasteiger partial charge in [0.05, 0.1) is 6.61 Å². The summed E-state index contributed by atoms with van der Waals surface area (Å²) in [6, 6.07) is 18.1. The fourth-order valence-electron chi connectivity index (χ4n) is 2.66. The molecule has 0 aliphatic heterocycles. The lowest BCUT2D eigenvalue weighted by molar-refractivity contribution is -0.117. The van der Waals surface area contributed by atoms with Gasteiger partial charge in [-0.1, -0.05) is 45.8 Å². The predicted molar refractivity (Wildman–Crippen MR) is 119 cm³/mol. The molecular weight excluding hydrogens is 448 g/mol. The van der Waals surface area contributed by atoms with E-state index in [1.165, 1.54) is 6.08 Å². The van der Waals surface area contributed by atoms with Crippen molar-refractivity contribution in [3.05, 3.63) is 87.7 Å². The third-order valence-electron chi connectivity index (χ3n) is 4.25. The molecule has 3 aromatic rings. The smallest absolute Gasteiger partial charge is 0.268 e. The minimum Gasteiger partial charge on any atom is -0.457 e. The molecule has 2 aromatic carbocycles. The van der Waals surface area contributed by atoms with Crippen molar-refractivity contribution in [1.82, 2.24) is 10.6 Å². The zero-order valence-corrected chi connectivity index (χ0v) is 17.9. The third-order valence-corrected chi connectivity index (χ3v) is 4.77. The first kappa shape index (κ1) is 21.5. The van der Waals surface area contributed by atoms with E-state index in [9.17, 15) is 9.59 Å². The number of aliphatic hydroxyl groups is 1. The van der Waals surface area contributed by atoms with E-state index in [0.717, 1.165) is 15.6 Å². The molecule has 0 saturated heterocycles. The maximum atomic E-state index is 12.6. The van der Waals surface area contributed by atoms with Gasteiger partial charge in [0.25, 0.3) is 11.8 Å². The number of furan rings is 1. The first-order valence-corrected chi connectivity index (χ1v) is 10.1. The molecule has 0 radical (unpaired) electrons. The van der Waals surface area contributed by atoms with Crippen molar-refractivity contribution in [2.24, 2.45) is 0 Å². The van der Waals surface area contributed by atoms with E-state index in [0.29, 0.717) is 17.1 Å². The highest BCUT2D eigenvalue weighted by Gasteiger charge is 2.15. The van der Waals surface area contributed by atoms with E-state index in [1.54, 1.807) is 24.3 Å². The zero-order chi connectivity index (χ0) is 21.5. The normalized spacial score (nSPS) is 11.2. The van der Waals surface area contributed by atoms with Crippen molar-refractivity contribution in [3.63, 3.8) is 0 Å². The number of benzene rings is 2. The summed E-state index contributed by atoms with van der Waals surface area (Å²) in [4.78, 5) is 25.1. The number of amides is 2. The van der Waals surface area contributed by atoms with Gasteiger partial charge in [-0.25, -0.2) is 0 Å². The molecule has 7 heteroatoms. The largest absolute Gasteiger partial charge is 0.457 e. The summed E-state index contributed by atoms with van der Waals surface area (Å²) in [5.74, 6) is 0.103. The number of carbonyl (C=O) groups is 2. The third kappa shape index (κ3) is 5.68. The average Bonchev–Trinajstić information content (AvgIpc) is 3.21. The fraction of sp³-hybridized carbons (Fsp3) is 0.130. The molecule has 0 aliphatic carbocycles. The van der Waals surface area contributed by atoms with E-state index >= 15 is 0 Å². The van der Waals surface area contributed by atoms with Crippen LogP contribution in [0.15, 0.2) is 75.3 Å². The number of carbonyl (C=O) groups excluding carboxylic acids is 2. The molecule has 0 saturated carbocycles. The summed E-state index contributed by atoms with van der Waals surface area (Å²) in [7, 11) is 0. The number of nitrogens with one attached hydrogen (secondary N) is 2. The Morgan fingerprint density at radius 2 is 1.73 bits per heavy atom. The average molecular weight is 469 g/mol. The van der Waals surface area contributed by atoms with Crippen LogP contribution < -0.4 is 10.6 Å². The van der Waals surface area contributed by atoms with Gasteiger partial charge < -0.3 is 20.2 Å². The predicted octanol–water partition coefficient (Wildman–Crippen LogP) is 3.90. The maximum absolute atomic E-state index is 12.6. The van der Waals surface area contributed by atoms with Crippen LogP contribution in [-0.2, 0) is 4.79 Å². The summed E-state index contributed by atoms with van der Waals surface area (Å²) in [6.45, 7) is 1.79. The van der Waals surface area contributed by atoms with Crippen molar-refractivity contribution < 1.29 is 19.1 Å². The Bertz CT molecular complexity index is 1050. The SMILES string of the molecule is Cc1ccc(C(=O)N/C(=C\c2ccc(-c3ccc(Br)cc3)o2)C(=O)NCCO)cc1. The highest BCUT2D eigenvalue weighted by Crippen LogP contribution is 2.25. The first-order valence-electron chi connectivity index (χ1n) is 9.31. The topological polar surface area (TPSA) is 91.6 Å². The van der Waals surface area contributed by atoms with Crippen molar-refractivity contribution in [2.45, 2.75) is 6.92 Å². The van der Waals surface area contributed by atoms with Crippen molar-refractivity contribution in [3.8, 4) is 11.3 Å². The lowest BCUT2D eigenvalue weighted by atomic mass is 10.1. The molecule has 0 spiro atoms. The number of halogens is 1. The van der Waals surface area contributed by atoms with Crippen LogP contribution in [0.2, 0.25) is 0 Å². The second-order valence-electron chi connectivity index (χ2n) is 6.57. The molecule has 3 rings (SSSR count). The molecule has 6 nitrogen and oxygen atoms in total. The van der Waals surface area contributed by atoms with E-state index in [4.69, 9.17) is 9.52 Å². The molecule has 0 aliphatic rings. The highest BCUT2D eigenvalue weighted by molar-refractivity contribution is 9.10. The van der Waals surface area contributed by atoms with Crippen LogP contribution in [0.5, 0.6) is 0 Å². The molecule has 1 heterocycles. The Kier molecular flexibility index (Phi) is 7.21. The number of aliphatic hydroxyl groups excluding tert-OH is 1. The second-order valence-corrected chi connectivity index (χ2v) is 7.48. The highest BCUT2D eigenvalue weighted by atomic mass is 79.9. The van der Waals surface area contributed by atoms with Crippen LogP contribution >= 0.6 is 15.9 Å². The standard InChI is InChI=1S/C23H21BrN2O4/c1-15-2-4-17(5-3-15)22(28)26-20(23(29)25-12-13-27)14-19-10-11-21(30-19)16-6-8-18(24)9-7-16/h2-11,14,27H,12-13H2,1H3,(H,25,29)(H,26,28)/b20-14-. The summed E-state index contributed by atoms with van der Waals surface area (Å²) in [5.41, 5.74) is 2.36. The summed E-state index contributed by atoms with van der Waals surface area (Å²) in [6.07, 6.45) is 1.46. The van der Waals surface area contributed by atoms with Gasteiger partial charge in [0.2, 0.25) is 0 Å². The van der Waals surface area contributed by atoms with Gasteiger partial charge in [-0.05, 0) is 43.3 Å². The van der Waals surface area contributed by atoms with Crippen LogP contribution in [0.3, 0.4) is 0 Å². The second kappa shape index (κ2) is 10.0. The molecule has 0 atom stereocenters. The quantitative estimate of drug-likeness (QED) is 0.458. The van der Waals surface area contributed by atoms with Crippen LogP contribution in [0, 0.1) is 6.92 Å². The van der Waals surface area contributed by atoms with Crippen molar-refractivity contribution in [2.75, 3.05) is 13.2 Å². The number of hydrogen-bond donors (Lipinski definition) is 3. The first-order chi connectivity index (χ1) is 14.5. The van der Waals surface area contributed by atoms with Gasteiger partial charge in [-0.2, -0.15) is 0 Å². The molecule has 154 valence electrons. The maximum Gasteiger partial charge on any atom is 0.268 e. The van der Waals surface area contributed by atoms with Crippen molar-refractivity contribution >= 4 is 33.8 Å². The summed E-state index contributed by atoms with van der Waals surface area (Å²) >= 11 is 3.40. The van der Waals surface area contributed by atoms with Crippen LogP contribution in [0.1, 0.15) is 21.7 Å². The van der Waals surface area contributed by atoms with Crippen LogP contribution in [0.25, 0.3) is 17.4 Å². The van der Waals surface area contributed by atoms with Crippen molar-refractivity contribution in [1.29, 1.82) is 0 Å². The lowest BCUT2D eigenvalue weighted by Crippen LogP contribution is -2.36. The van der Waals surface area contributed by atoms with E-state index in [1.807, 2.05) is 43.3 Å². The molecule has 0 unspecified atom stereocenters. The van der Waals surface area contributed by atoms with Crippen LogP contribution in [-0.4, -0.2) is 30.1 Å². The Hall–Kier alpha value is -3.16. The van der Waals surface area contributed by atoms with Gasteiger partial charge in [0.15, 0.2) is 0 Å². The Labute approximate surface area is 182 Å². The molecule has 30 heavy (non-hydrogen) atoms. The van der Waals surface area contributed by atoms with Gasteiger partial charge in [0, 0.05) is 28.2 Å². The molecule has 1 aromatic heterocycles. The lowest BCUT2D eigenvalue weighted by Gasteiger charge is -2.10. The number of hydrogen-bond acceptors (Lipinski definition) is 4. The molecule has 0 fully saturated rings. The summed E-state index contributed by atoms with van der Waals surface area (Å²) < 4.78 is 6.78. The molecule has 3 N–H and O–H groups in total. The van der Waals surface area contributed by atoms with Gasteiger partial charge >= 0.3 is 0 Å².